The van der Waals surface area contributed by atoms with E-state index in [4.69, 9.17) is 15.6 Å². The minimum atomic E-state index is -2.19. The number of rotatable bonds is 4. The molecule has 20 heteroatoms. The fourth-order valence-corrected chi connectivity index (χ4v) is 18.6. The highest BCUT2D eigenvalue weighted by atomic mass is 127. The Kier molecular flexibility index (Phi) is 16.9. The Morgan fingerprint density at radius 2 is 0.745 bits per heavy atom. The first kappa shape index (κ1) is 71.9. The number of methoxy groups -OCH3 is 1. The van der Waals surface area contributed by atoms with Crippen molar-refractivity contribution in [3.05, 3.63) is 170 Å². The summed E-state index contributed by atoms with van der Waals surface area (Å²) in [5, 5.41) is 15.6. The number of esters is 1. The lowest BCUT2D eigenvalue weighted by atomic mass is 9.67. The number of hydrogen-bond acceptors (Lipinski definition) is 8. The number of hydrogen-bond donors (Lipinski definition) is 0. The molecule has 0 bridgehead atoms. The third-order valence-corrected chi connectivity index (χ3v) is 25.1. The normalized spacial score (nSPS) is 21.1. The molecule has 0 aromatic heterocycles. The molecule has 0 N–H and O–H groups in total. The van der Waals surface area contributed by atoms with Gasteiger partial charge in [-0.1, -0.05) is 111 Å². The van der Waals surface area contributed by atoms with E-state index in [0.29, 0.717) is 44.6 Å². The number of nitrogens with zero attached hydrogens (tertiary/aromatic N) is 4. The molecule has 0 aliphatic carbocycles. The summed E-state index contributed by atoms with van der Waals surface area (Å²) in [6, 6.07) is 7.72. The zero-order valence-electron chi connectivity index (χ0n) is 62.3. The van der Waals surface area contributed by atoms with E-state index in [1.807, 2.05) is 24.3 Å². The van der Waals surface area contributed by atoms with Gasteiger partial charge in [-0.25, -0.2) is 49.1 Å². The highest BCUT2D eigenvalue weighted by Gasteiger charge is 2.52. The maximum Gasteiger partial charge on any atom is 0.341 e. The molecule has 102 heavy (non-hydrogen) atoms. The van der Waals surface area contributed by atoms with Crippen LogP contribution in [0.4, 0.5) is 50.9 Å². The number of ether oxygens (including phenoxy) is 3. The molecule has 10 aliphatic heterocycles. The van der Waals surface area contributed by atoms with E-state index in [1.54, 1.807) is 0 Å². The van der Waals surface area contributed by atoms with Crippen molar-refractivity contribution in [3.8, 4) is 23.0 Å². The molecule has 0 spiro atoms. The first-order valence-corrected chi connectivity index (χ1v) is 35.4. The van der Waals surface area contributed by atoms with Gasteiger partial charge >= 0.3 is 5.97 Å². The van der Waals surface area contributed by atoms with Crippen LogP contribution in [-0.4, -0.2) is 78.6 Å². The van der Waals surface area contributed by atoms with Crippen LogP contribution in [-0.2, 0) is 48.1 Å². The lowest BCUT2D eigenvalue weighted by molar-refractivity contribution is -0.255. The largest absolute Gasteiger partial charge is 1.00 e. The number of carbonyl (C=O) groups excluding carboxylic acids is 2. The van der Waals surface area contributed by atoms with E-state index in [1.165, 1.54) is 0 Å². The number of alkyl halides is 1. The fraction of sp³-hybridized carbons (Fsp3) is 0.512. The average Bonchev–Trinajstić information content (AvgIpc) is 0.689. The average molecular weight is 1530 g/mol. The monoisotopic (exact) mass is 1530 g/mol. The number of benzene rings is 6. The number of aromatic carboxylic acids is 1. The quantitative estimate of drug-likeness (QED) is 0.0429. The fourth-order valence-electron chi connectivity index (χ4n) is 18.6. The smallest absolute Gasteiger partial charge is 0.341 e. The van der Waals surface area contributed by atoms with Crippen LogP contribution < -0.4 is 78.7 Å². The standard InChI is InChI=1S/C41H45F4N2O3.C40H42F4N2O3.CH3F.HI/c1-38(2)10-14-46-16-12-40(5,6)27-33(46)22(38)18-20-24(25-26(37(48)49-9)30(43)32(45)31(44)29(25)42)21-19-23-34-28(36(21)50-35(20)27)41(7,8)13-17-47(34)15-11-39(23,3)4;1-37(2)9-13-45-15-11-39(5,6)26-32(45)21(37)17-19-23(24-25(36(47)48)29(42)31(44)30(43)28(24)41)20-18-22-33-27(35(20)49-34(19)26)40(7,8)12-16-46(33)14-10-38(22,3)4;1-2;/h18-19H,10-17H2,1-9H3;17-18H,9-16H2,1-8H3;1H3;1H/q+1;;;/p-1/i;;1D;. The number of anilines is 2. The molecule has 0 saturated carbocycles. The number of halogens is 10. The summed E-state index contributed by atoms with van der Waals surface area (Å²) in [7, 11) is 0.0154. The molecule has 0 radical (unpaired) electrons. The Morgan fingerprint density at radius 1 is 0.441 bits per heavy atom. The molecule has 544 valence electrons. The van der Waals surface area contributed by atoms with Gasteiger partial charge in [0.2, 0.25) is 10.7 Å². The molecule has 6 aromatic rings. The van der Waals surface area contributed by atoms with Crippen LogP contribution in [0.1, 0.15) is 251 Å². The summed E-state index contributed by atoms with van der Waals surface area (Å²) in [6.07, 6.45) is 6.64. The van der Waals surface area contributed by atoms with Crippen molar-refractivity contribution in [1.29, 1.82) is 0 Å². The predicted molar refractivity (Wildman–Crippen MR) is 370 cm³/mol. The summed E-state index contributed by atoms with van der Waals surface area (Å²) in [5.41, 5.74) is 3.90. The van der Waals surface area contributed by atoms with Crippen molar-refractivity contribution >= 4 is 34.5 Å². The molecule has 10 aliphatic rings. The van der Waals surface area contributed by atoms with Crippen LogP contribution in [0, 0.1) is 46.5 Å². The van der Waals surface area contributed by atoms with Crippen molar-refractivity contribution in [2.75, 3.05) is 76.4 Å². The van der Waals surface area contributed by atoms with Crippen LogP contribution >= 0.6 is 0 Å². The van der Waals surface area contributed by atoms with Crippen LogP contribution in [0.15, 0.2) is 24.3 Å². The van der Waals surface area contributed by atoms with Gasteiger partial charge in [-0.05, 0) is 82.7 Å². The predicted octanol–water partition coefficient (Wildman–Crippen LogP) is 11.0. The van der Waals surface area contributed by atoms with Crippen molar-refractivity contribution in [2.45, 2.75) is 205 Å². The third kappa shape index (κ3) is 10.4. The molecule has 0 atom stereocenters. The summed E-state index contributed by atoms with van der Waals surface area (Å²) in [5.74, 6) is -17.1. The molecule has 16 rings (SSSR count). The Hall–Kier alpha value is -7.10. The molecule has 0 saturated heterocycles. The van der Waals surface area contributed by atoms with E-state index in [-0.39, 0.29) is 67.6 Å². The Morgan fingerprint density at radius 3 is 1.10 bits per heavy atom. The molecule has 6 aromatic carbocycles. The zero-order valence-corrected chi connectivity index (χ0v) is 63.5. The van der Waals surface area contributed by atoms with Gasteiger partial charge in [-0.15, -0.1) is 0 Å². The van der Waals surface area contributed by atoms with Gasteiger partial charge in [0.05, 0.1) is 32.7 Å². The van der Waals surface area contributed by atoms with Gasteiger partial charge in [-0.2, -0.15) is 0 Å². The number of carbonyl (C=O) groups is 2. The first-order valence-electron chi connectivity index (χ1n) is 36.1. The number of carboxylic acids is 1. The van der Waals surface area contributed by atoms with Crippen LogP contribution in [0.5, 0.6) is 23.0 Å². The van der Waals surface area contributed by atoms with Crippen molar-refractivity contribution in [2.24, 2.45) is 0 Å². The molecule has 10 nitrogen and oxygen atoms in total. The van der Waals surface area contributed by atoms with Crippen molar-refractivity contribution in [3.63, 3.8) is 0 Å². The minimum Gasteiger partial charge on any atom is -1.00 e. The van der Waals surface area contributed by atoms with Gasteiger partial charge in [-0.3, -0.25) is 4.39 Å². The van der Waals surface area contributed by atoms with E-state index >= 15 is 30.7 Å². The zero-order chi connectivity index (χ0) is 74.1. The van der Waals surface area contributed by atoms with Gasteiger partial charge < -0.3 is 57.9 Å². The second kappa shape index (κ2) is 24.0. The van der Waals surface area contributed by atoms with Crippen LogP contribution in [0.3, 0.4) is 0 Å². The Bertz CT molecular complexity index is 5060. The lowest BCUT2D eigenvalue weighted by Crippen LogP contribution is -3.00. The third-order valence-electron chi connectivity index (χ3n) is 25.1. The Labute approximate surface area is 608 Å². The van der Waals surface area contributed by atoms with E-state index in [0.717, 1.165) is 177 Å². The summed E-state index contributed by atoms with van der Waals surface area (Å²) >= 11 is 0. The maximum atomic E-state index is 16.7. The molecular weight excluding hydrogens is 1430 g/mol. The number of carboxylic acid groups (broad SMARTS) is 1. The van der Waals surface area contributed by atoms with E-state index in [2.05, 4.69) is 130 Å². The van der Waals surface area contributed by atoms with Gasteiger partial charge in [0, 0.05) is 157 Å². The molecule has 0 fully saturated rings. The van der Waals surface area contributed by atoms with Gasteiger partial charge in [0.15, 0.2) is 46.5 Å². The highest BCUT2D eigenvalue weighted by Crippen LogP contribution is 2.60. The maximum absolute atomic E-state index is 16.7. The first-order chi connectivity index (χ1) is 47.5. The van der Waals surface area contributed by atoms with E-state index in [9.17, 15) is 23.5 Å². The summed E-state index contributed by atoms with van der Waals surface area (Å²) < 4.78 is 165. The van der Waals surface area contributed by atoms with Crippen LogP contribution in [0.25, 0.3) is 11.1 Å². The molecule has 10 heterocycles. The van der Waals surface area contributed by atoms with Gasteiger partial charge in [0.1, 0.15) is 54.7 Å². The van der Waals surface area contributed by atoms with E-state index < -0.39 is 98.7 Å². The Balaban J connectivity index is 0.000000175. The minimum absolute atomic E-state index is 0. The highest BCUT2D eigenvalue weighted by molar-refractivity contribution is 6.02. The second-order valence-corrected chi connectivity index (χ2v) is 34.9. The summed E-state index contributed by atoms with van der Waals surface area (Å²) in [4.78, 5) is 30.8. The SMILES string of the molecule is CC1(C)CCN2CCC(C)(C)c3c4c(cc1c32)C(c1c(F)c(F)c(F)c(F)c1C(=O)[O-])=c1cc2c3c(c1O4)C(C)(C)CC[N+]=3CCC2(C)C.COC(=O)c1c(F)c(F)c(F)c(F)c1C1=c2cc3c4c(c2Oc2c1cc1c5c2C(C)(C)CCN5CCC1(C)C)C(C)(C)CC[N+]=4CCC3(C)C.[2H]CF.[I-]. The summed E-state index contributed by atoms with van der Waals surface area (Å²) in [6.45, 7) is 41.2. The van der Waals surface area contributed by atoms with Crippen LogP contribution in [0.2, 0.25) is 0 Å². The van der Waals surface area contributed by atoms with Crippen molar-refractivity contribution in [1.82, 2.24) is 9.15 Å². The molecule has 0 amide bonds. The molecule has 0 unspecified atom stereocenters. The topological polar surface area (TPSA) is 97.4 Å². The lowest BCUT2D eigenvalue weighted by Gasteiger charge is -2.49. The van der Waals surface area contributed by atoms with Gasteiger partial charge in [0.25, 0.3) is 0 Å². The number of fused-ring (bicyclic) bond motifs is 8. The van der Waals surface area contributed by atoms with Crippen molar-refractivity contribution < 1.29 is 93.8 Å². The second-order valence-electron chi connectivity index (χ2n) is 34.9. The molecular formula is C82H90F9IN4O6.